The minimum atomic E-state index is 0.165. The molecule has 0 fully saturated rings. The van der Waals surface area contributed by atoms with Gasteiger partial charge in [-0.1, -0.05) is 51.0 Å². The molecule has 0 spiro atoms. The summed E-state index contributed by atoms with van der Waals surface area (Å²) < 4.78 is 0. The average molecular weight is 233 g/mol. The first-order valence-corrected chi connectivity index (χ1v) is 6.60. The first-order chi connectivity index (χ1) is 8.26. The van der Waals surface area contributed by atoms with Crippen molar-refractivity contribution in [3.63, 3.8) is 0 Å². The van der Waals surface area contributed by atoms with E-state index in [2.05, 4.69) is 43.4 Å². The number of hydrogen-bond donors (Lipinski definition) is 1. The summed E-state index contributed by atoms with van der Waals surface area (Å²) in [5.74, 6) is 0.165. The van der Waals surface area contributed by atoms with Crippen LogP contribution >= 0.6 is 0 Å². The fraction of sp³-hybridized carbons (Fsp3) is 0.533. The molecule has 1 aromatic rings. The van der Waals surface area contributed by atoms with Gasteiger partial charge in [-0.2, -0.15) is 0 Å². The molecule has 94 valence electrons. The third-order valence-corrected chi connectivity index (χ3v) is 2.93. The van der Waals surface area contributed by atoms with Crippen LogP contribution < -0.4 is 5.32 Å². The minimum absolute atomic E-state index is 0.165. The van der Waals surface area contributed by atoms with E-state index >= 15 is 0 Å². The molecule has 0 aliphatic heterocycles. The lowest BCUT2D eigenvalue weighted by atomic mass is 10.1. The Morgan fingerprint density at radius 2 is 1.71 bits per heavy atom. The summed E-state index contributed by atoms with van der Waals surface area (Å²) in [6.07, 6.45) is 5.01. The summed E-state index contributed by atoms with van der Waals surface area (Å²) in [6, 6.07) is 8.42. The summed E-state index contributed by atoms with van der Waals surface area (Å²) >= 11 is 0. The first-order valence-electron chi connectivity index (χ1n) is 6.60. The second kappa shape index (κ2) is 7.88. The number of amides is 1. The molecule has 1 N–H and O–H groups in total. The molecule has 0 unspecified atom stereocenters. The number of carbonyl (C=O) groups is 1. The van der Waals surface area contributed by atoms with Gasteiger partial charge in [0.1, 0.15) is 0 Å². The summed E-state index contributed by atoms with van der Waals surface area (Å²) in [7, 11) is 0. The van der Waals surface area contributed by atoms with Gasteiger partial charge < -0.3 is 5.32 Å². The Morgan fingerprint density at radius 1 is 1.06 bits per heavy atom. The Bertz CT molecular complexity index is 329. The maximum absolute atomic E-state index is 11.5. The van der Waals surface area contributed by atoms with Gasteiger partial charge in [0.15, 0.2) is 0 Å². The molecule has 0 heterocycles. The van der Waals surface area contributed by atoms with Gasteiger partial charge >= 0.3 is 0 Å². The Morgan fingerprint density at radius 3 is 2.29 bits per heavy atom. The predicted octanol–water partition coefficient (Wildman–Crippen LogP) is 3.45. The van der Waals surface area contributed by atoms with E-state index in [4.69, 9.17) is 0 Å². The van der Waals surface area contributed by atoms with Gasteiger partial charge in [0.05, 0.1) is 0 Å². The van der Waals surface area contributed by atoms with Crippen LogP contribution in [-0.4, -0.2) is 5.91 Å². The quantitative estimate of drug-likeness (QED) is 0.718. The van der Waals surface area contributed by atoms with Crippen molar-refractivity contribution >= 4 is 5.91 Å². The number of nitrogens with one attached hydrogen (secondary N) is 1. The third kappa shape index (κ3) is 5.53. The van der Waals surface area contributed by atoms with E-state index in [9.17, 15) is 4.79 Å². The highest BCUT2D eigenvalue weighted by atomic mass is 16.1. The van der Waals surface area contributed by atoms with Gasteiger partial charge in [0, 0.05) is 13.0 Å². The van der Waals surface area contributed by atoms with Crippen molar-refractivity contribution in [1.82, 2.24) is 5.32 Å². The second-order valence-electron chi connectivity index (χ2n) is 4.40. The molecule has 0 bridgehead atoms. The van der Waals surface area contributed by atoms with Gasteiger partial charge in [-0.25, -0.2) is 0 Å². The zero-order chi connectivity index (χ0) is 12.5. The lowest BCUT2D eigenvalue weighted by Gasteiger charge is -2.06. The highest BCUT2D eigenvalue weighted by molar-refractivity contribution is 5.75. The zero-order valence-corrected chi connectivity index (χ0v) is 11.0. The van der Waals surface area contributed by atoms with Gasteiger partial charge in [-0.3, -0.25) is 4.79 Å². The van der Waals surface area contributed by atoms with E-state index in [-0.39, 0.29) is 5.91 Å². The summed E-state index contributed by atoms with van der Waals surface area (Å²) in [4.78, 5) is 11.5. The number of rotatable bonds is 7. The summed E-state index contributed by atoms with van der Waals surface area (Å²) in [6.45, 7) is 4.94. The van der Waals surface area contributed by atoms with Crippen LogP contribution in [-0.2, 0) is 17.8 Å². The number of benzene rings is 1. The molecule has 2 heteroatoms. The minimum Gasteiger partial charge on any atom is -0.352 e. The van der Waals surface area contributed by atoms with Crippen LogP contribution in [0.3, 0.4) is 0 Å². The van der Waals surface area contributed by atoms with Crippen molar-refractivity contribution in [2.45, 2.75) is 52.5 Å². The largest absolute Gasteiger partial charge is 0.352 e. The second-order valence-corrected chi connectivity index (χ2v) is 4.40. The predicted molar refractivity (Wildman–Crippen MR) is 71.8 cm³/mol. The van der Waals surface area contributed by atoms with Crippen LogP contribution in [0, 0.1) is 0 Å². The number of carbonyl (C=O) groups excluding carboxylic acids is 1. The molecule has 1 rings (SSSR count). The van der Waals surface area contributed by atoms with Crippen LogP contribution in [0.1, 0.15) is 50.7 Å². The van der Waals surface area contributed by atoms with E-state index in [1.165, 1.54) is 11.1 Å². The highest BCUT2D eigenvalue weighted by Crippen LogP contribution is 2.05. The van der Waals surface area contributed by atoms with Gasteiger partial charge in [-0.05, 0) is 24.0 Å². The molecule has 0 aliphatic rings. The van der Waals surface area contributed by atoms with E-state index in [1.807, 2.05) is 0 Å². The van der Waals surface area contributed by atoms with Crippen molar-refractivity contribution in [2.24, 2.45) is 0 Å². The maximum Gasteiger partial charge on any atom is 0.220 e. The Balaban J connectivity index is 2.27. The van der Waals surface area contributed by atoms with E-state index in [0.29, 0.717) is 13.0 Å². The molecule has 1 aromatic carbocycles. The fourth-order valence-corrected chi connectivity index (χ4v) is 1.72. The van der Waals surface area contributed by atoms with E-state index < -0.39 is 0 Å². The number of unbranched alkanes of at least 4 members (excludes halogenated alkanes) is 2. The summed E-state index contributed by atoms with van der Waals surface area (Å²) in [5, 5.41) is 2.96. The Kier molecular flexibility index (Phi) is 6.38. The van der Waals surface area contributed by atoms with Gasteiger partial charge in [0.2, 0.25) is 5.91 Å². The maximum atomic E-state index is 11.5. The molecule has 0 saturated carbocycles. The van der Waals surface area contributed by atoms with Gasteiger partial charge in [0.25, 0.3) is 0 Å². The van der Waals surface area contributed by atoms with Crippen LogP contribution in [0.4, 0.5) is 0 Å². The lowest BCUT2D eigenvalue weighted by Crippen LogP contribution is -2.22. The Labute approximate surface area is 104 Å². The number of hydrogen-bond acceptors (Lipinski definition) is 1. The van der Waals surface area contributed by atoms with Crippen LogP contribution in [0.15, 0.2) is 24.3 Å². The van der Waals surface area contributed by atoms with Crippen LogP contribution in [0.5, 0.6) is 0 Å². The third-order valence-electron chi connectivity index (χ3n) is 2.93. The topological polar surface area (TPSA) is 29.1 Å². The average Bonchev–Trinajstić information content (AvgIpc) is 2.37. The monoisotopic (exact) mass is 233 g/mol. The molecule has 0 radical (unpaired) electrons. The molecule has 1 amide bonds. The molecule has 0 aromatic heterocycles. The van der Waals surface area contributed by atoms with Crippen LogP contribution in [0.25, 0.3) is 0 Å². The van der Waals surface area contributed by atoms with Crippen molar-refractivity contribution in [2.75, 3.05) is 0 Å². The van der Waals surface area contributed by atoms with Crippen molar-refractivity contribution in [3.05, 3.63) is 35.4 Å². The molecule has 0 atom stereocenters. The van der Waals surface area contributed by atoms with Crippen molar-refractivity contribution in [1.29, 1.82) is 0 Å². The normalized spacial score (nSPS) is 10.2. The molecule has 0 saturated heterocycles. The molecule has 2 nitrogen and oxygen atoms in total. The van der Waals surface area contributed by atoms with Crippen molar-refractivity contribution in [3.8, 4) is 0 Å². The van der Waals surface area contributed by atoms with Crippen molar-refractivity contribution < 1.29 is 4.79 Å². The zero-order valence-electron chi connectivity index (χ0n) is 11.0. The smallest absolute Gasteiger partial charge is 0.220 e. The van der Waals surface area contributed by atoms with Gasteiger partial charge in [-0.15, -0.1) is 0 Å². The summed E-state index contributed by atoms with van der Waals surface area (Å²) in [5.41, 5.74) is 2.51. The van der Waals surface area contributed by atoms with Crippen LogP contribution in [0.2, 0.25) is 0 Å². The first kappa shape index (κ1) is 13.8. The molecule has 17 heavy (non-hydrogen) atoms. The standard InChI is InChI=1S/C15H23NO/c1-3-5-6-7-15(17)16-12-14-10-8-13(4-2)9-11-14/h8-11H,3-7,12H2,1-2H3,(H,16,17). The SMILES string of the molecule is CCCCCC(=O)NCc1ccc(CC)cc1. The molecule has 0 aliphatic carbocycles. The Hall–Kier alpha value is -1.31. The lowest BCUT2D eigenvalue weighted by molar-refractivity contribution is -0.121. The molecular formula is C15H23NO. The van der Waals surface area contributed by atoms with E-state index in [0.717, 1.165) is 25.7 Å². The van der Waals surface area contributed by atoms with E-state index in [1.54, 1.807) is 0 Å². The number of aryl methyl sites for hydroxylation is 1. The highest BCUT2D eigenvalue weighted by Gasteiger charge is 2.00. The molecular weight excluding hydrogens is 210 g/mol. The fourth-order valence-electron chi connectivity index (χ4n) is 1.72.